The lowest BCUT2D eigenvalue weighted by atomic mass is 9.95. The summed E-state index contributed by atoms with van der Waals surface area (Å²) in [5.41, 5.74) is 2.06. The number of benzene rings is 1. The van der Waals surface area contributed by atoms with Gasteiger partial charge in [-0.3, -0.25) is 15.0 Å². The van der Waals surface area contributed by atoms with Gasteiger partial charge in [-0.25, -0.2) is 0 Å². The van der Waals surface area contributed by atoms with Gasteiger partial charge in [0.1, 0.15) is 5.69 Å². The van der Waals surface area contributed by atoms with Gasteiger partial charge in [0.2, 0.25) is 0 Å². The Morgan fingerprint density at radius 3 is 2.39 bits per heavy atom. The summed E-state index contributed by atoms with van der Waals surface area (Å²) in [5, 5.41) is 11.7. The fraction of sp³-hybridized carbons (Fsp3) is 0.714. The van der Waals surface area contributed by atoms with E-state index in [1.54, 1.807) is 6.07 Å². The van der Waals surface area contributed by atoms with E-state index >= 15 is 0 Å². The zero-order chi connectivity index (χ0) is 19.3. The van der Waals surface area contributed by atoms with Crippen LogP contribution in [0.2, 0.25) is 0 Å². The number of hydrogen-bond donors (Lipinski definition) is 0. The number of ether oxygens (including phenoxy) is 1. The highest BCUT2D eigenvalue weighted by atomic mass is 16.6. The van der Waals surface area contributed by atoms with Crippen LogP contribution in [-0.4, -0.2) is 73.8 Å². The zero-order valence-corrected chi connectivity index (χ0v) is 16.7. The smallest absolute Gasteiger partial charge is 0.292 e. The van der Waals surface area contributed by atoms with E-state index in [1.165, 1.54) is 32.5 Å². The maximum atomic E-state index is 11.7. The maximum Gasteiger partial charge on any atom is 0.292 e. The van der Waals surface area contributed by atoms with E-state index in [9.17, 15) is 10.1 Å². The van der Waals surface area contributed by atoms with Gasteiger partial charge in [0.25, 0.3) is 5.69 Å². The number of likely N-dealkylation sites (tertiary alicyclic amines) is 1. The molecule has 3 aliphatic rings. The maximum absolute atomic E-state index is 11.7. The standard InChI is InChI=1S/C21H32N4O3/c26-25(27)21-15-19(17-23-11-13-28-14-12-23)3-4-20(21)24-9-5-18(6-10-24)16-22-7-1-2-8-22/h3-4,15,18H,1-2,5-14,16-17H2. The number of anilines is 1. The molecule has 0 spiro atoms. The quantitative estimate of drug-likeness (QED) is 0.552. The molecule has 0 unspecified atom stereocenters. The topological polar surface area (TPSA) is 62.1 Å². The van der Waals surface area contributed by atoms with Crippen LogP contribution in [0.5, 0.6) is 0 Å². The zero-order valence-electron chi connectivity index (χ0n) is 16.7. The summed E-state index contributed by atoms with van der Waals surface area (Å²) in [5.74, 6) is 0.731. The Balaban J connectivity index is 1.38. The van der Waals surface area contributed by atoms with Gasteiger partial charge in [0.15, 0.2) is 0 Å². The Morgan fingerprint density at radius 1 is 1.00 bits per heavy atom. The molecule has 0 aromatic heterocycles. The van der Waals surface area contributed by atoms with Crippen LogP contribution in [0.4, 0.5) is 11.4 Å². The molecule has 3 aliphatic heterocycles. The summed E-state index contributed by atoms with van der Waals surface area (Å²) in [6.45, 7) is 9.55. The number of hydrogen-bond acceptors (Lipinski definition) is 6. The molecule has 1 aromatic rings. The first-order valence-electron chi connectivity index (χ1n) is 10.7. The van der Waals surface area contributed by atoms with E-state index in [0.29, 0.717) is 0 Å². The van der Waals surface area contributed by atoms with Gasteiger partial charge in [0, 0.05) is 45.3 Å². The van der Waals surface area contributed by atoms with E-state index in [2.05, 4.69) is 20.8 Å². The van der Waals surface area contributed by atoms with Gasteiger partial charge in [0.05, 0.1) is 18.1 Å². The van der Waals surface area contributed by atoms with Gasteiger partial charge < -0.3 is 14.5 Å². The molecule has 3 heterocycles. The minimum absolute atomic E-state index is 0.214. The van der Waals surface area contributed by atoms with Crippen molar-refractivity contribution in [2.24, 2.45) is 5.92 Å². The van der Waals surface area contributed by atoms with Gasteiger partial charge >= 0.3 is 0 Å². The molecule has 0 N–H and O–H groups in total. The number of piperidine rings is 1. The highest BCUT2D eigenvalue weighted by molar-refractivity contribution is 5.64. The molecule has 0 bridgehead atoms. The third-order valence-electron chi connectivity index (χ3n) is 6.42. The normalized spacial score (nSPS) is 22.6. The first-order valence-corrected chi connectivity index (χ1v) is 10.7. The number of rotatable bonds is 6. The number of morpholine rings is 1. The van der Waals surface area contributed by atoms with Gasteiger partial charge in [-0.05, 0) is 56.3 Å². The van der Waals surface area contributed by atoms with Crippen molar-refractivity contribution >= 4 is 11.4 Å². The number of nitrogens with zero attached hydrogens (tertiary/aromatic N) is 4. The van der Waals surface area contributed by atoms with Crippen molar-refractivity contribution in [3.63, 3.8) is 0 Å². The molecule has 7 nitrogen and oxygen atoms in total. The van der Waals surface area contributed by atoms with Crippen LogP contribution in [-0.2, 0) is 11.3 Å². The second-order valence-electron chi connectivity index (χ2n) is 8.41. The summed E-state index contributed by atoms with van der Waals surface area (Å²) < 4.78 is 5.39. The minimum atomic E-state index is -0.214. The number of nitro groups is 1. The van der Waals surface area contributed by atoms with Gasteiger partial charge in [-0.1, -0.05) is 6.07 Å². The predicted molar refractivity (Wildman–Crippen MR) is 110 cm³/mol. The molecule has 0 saturated carbocycles. The Bertz CT molecular complexity index is 664. The van der Waals surface area contributed by atoms with E-state index in [-0.39, 0.29) is 10.6 Å². The molecular formula is C21H32N4O3. The van der Waals surface area contributed by atoms with E-state index < -0.39 is 0 Å². The molecule has 0 aliphatic carbocycles. The van der Waals surface area contributed by atoms with Crippen LogP contribution < -0.4 is 4.90 Å². The molecule has 0 atom stereocenters. The summed E-state index contributed by atoms with van der Waals surface area (Å²) in [6.07, 6.45) is 4.93. The van der Waals surface area contributed by atoms with Crippen molar-refractivity contribution in [2.45, 2.75) is 32.2 Å². The minimum Gasteiger partial charge on any atom is -0.379 e. The van der Waals surface area contributed by atoms with Gasteiger partial charge in [-0.15, -0.1) is 0 Å². The first kappa shape index (κ1) is 19.6. The summed E-state index contributed by atoms with van der Waals surface area (Å²) in [4.78, 5) is 18.6. The largest absolute Gasteiger partial charge is 0.379 e. The molecule has 7 heteroatoms. The SMILES string of the molecule is O=[N+]([O-])c1cc(CN2CCOCC2)ccc1N1CCC(CN2CCCC2)CC1. The molecule has 28 heavy (non-hydrogen) atoms. The highest BCUT2D eigenvalue weighted by Crippen LogP contribution is 2.33. The van der Waals surface area contributed by atoms with Crippen LogP contribution in [0.15, 0.2) is 18.2 Å². The molecule has 154 valence electrons. The van der Waals surface area contributed by atoms with E-state index in [1.807, 2.05) is 6.07 Å². The van der Waals surface area contributed by atoms with Crippen molar-refractivity contribution < 1.29 is 9.66 Å². The third-order valence-corrected chi connectivity index (χ3v) is 6.42. The van der Waals surface area contributed by atoms with Crippen LogP contribution in [0.1, 0.15) is 31.2 Å². The Hall–Kier alpha value is -1.70. The monoisotopic (exact) mass is 388 g/mol. The van der Waals surface area contributed by atoms with Crippen molar-refractivity contribution in [3.8, 4) is 0 Å². The summed E-state index contributed by atoms with van der Waals surface area (Å²) in [6, 6.07) is 5.81. The van der Waals surface area contributed by atoms with Crippen molar-refractivity contribution in [1.29, 1.82) is 0 Å². The molecular weight excluding hydrogens is 356 g/mol. The Labute approximate surface area is 167 Å². The predicted octanol–water partition coefficient (Wildman–Crippen LogP) is 2.74. The van der Waals surface area contributed by atoms with Crippen LogP contribution in [0.25, 0.3) is 0 Å². The lowest BCUT2D eigenvalue weighted by Gasteiger charge is -2.35. The molecule has 3 saturated heterocycles. The Kier molecular flexibility index (Phi) is 6.44. The van der Waals surface area contributed by atoms with Gasteiger partial charge in [-0.2, -0.15) is 0 Å². The van der Waals surface area contributed by atoms with Crippen molar-refractivity contribution in [3.05, 3.63) is 33.9 Å². The number of nitro benzene ring substituents is 1. The summed E-state index contributed by atoms with van der Waals surface area (Å²) >= 11 is 0. The lowest BCUT2D eigenvalue weighted by molar-refractivity contribution is -0.384. The second-order valence-corrected chi connectivity index (χ2v) is 8.41. The van der Waals surface area contributed by atoms with Crippen LogP contribution in [0, 0.1) is 16.0 Å². The molecule has 4 rings (SSSR count). The average Bonchev–Trinajstić information content (AvgIpc) is 3.22. The molecule has 3 fully saturated rings. The fourth-order valence-corrected chi connectivity index (χ4v) is 4.79. The highest BCUT2D eigenvalue weighted by Gasteiger charge is 2.27. The average molecular weight is 389 g/mol. The van der Waals surface area contributed by atoms with E-state index in [4.69, 9.17) is 4.74 Å². The summed E-state index contributed by atoms with van der Waals surface area (Å²) in [7, 11) is 0. The molecule has 0 radical (unpaired) electrons. The molecule has 0 amide bonds. The Morgan fingerprint density at radius 2 is 1.71 bits per heavy atom. The van der Waals surface area contributed by atoms with E-state index in [0.717, 1.165) is 75.9 Å². The third kappa shape index (κ3) is 4.82. The van der Waals surface area contributed by atoms with Crippen LogP contribution in [0.3, 0.4) is 0 Å². The van der Waals surface area contributed by atoms with Crippen LogP contribution >= 0.6 is 0 Å². The molecule has 1 aromatic carbocycles. The van der Waals surface area contributed by atoms with Crippen molar-refractivity contribution in [2.75, 3.05) is 63.9 Å². The fourth-order valence-electron chi connectivity index (χ4n) is 4.79. The lowest BCUT2D eigenvalue weighted by Crippen LogP contribution is -2.38. The first-order chi connectivity index (χ1) is 13.7. The second kappa shape index (κ2) is 9.20. The van der Waals surface area contributed by atoms with Crippen molar-refractivity contribution in [1.82, 2.24) is 9.80 Å².